The number of aryl methyl sites for hydroxylation is 1. The Morgan fingerprint density at radius 2 is 1.73 bits per heavy atom. The summed E-state index contributed by atoms with van der Waals surface area (Å²) in [6.45, 7) is 2.10. The highest BCUT2D eigenvalue weighted by molar-refractivity contribution is 7.09. The number of thiophene rings is 2. The first-order valence-corrected chi connectivity index (χ1v) is 5.19. The van der Waals surface area contributed by atoms with Crippen LogP contribution >= 0.6 is 22.7 Å². The Morgan fingerprint density at radius 1 is 1.00 bits per heavy atom. The molecule has 2 rings (SSSR count). The van der Waals surface area contributed by atoms with E-state index >= 15 is 0 Å². The first kappa shape index (κ1) is 8.50. The Morgan fingerprint density at radius 3 is 1.91 bits per heavy atom. The molecule has 0 bridgehead atoms. The Kier molecular flexibility index (Phi) is 3.94. The molecule has 0 saturated heterocycles. The van der Waals surface area contributed by atoms with Gasteiger partial charge in [0, 0.05) is 4.88 Å². The minimum absolute atomic E-state index is 1.38. The molecule has 2 aromatic heterocycles. The fourth-order valence-corrected chi connectivity index (χ4v) is 1.57. The second kappa shape index (κ2) is 5.10. The van der Waals surface area contributed by atoms with Crippen molar-refractivity contribution >= 4 is 22.7 Å². The van der Waals surface area contributed by atoms with E-state index in [9.17, 15) is 0 Å². The molecule has 0 aliphatic rings. The van der Waals surface area contributed by atoms with Crippen LogP contribution in [0.25, 0.3) is 0 Å². The van der Waals surface area contributed by atoms with Crippen molar-refractivity contribution in [3.8, 4) is 0 Å². The van der Waals surface area contributed by atoms with Gasteiger partial charge in [-0.15, -0.1) is 11.3 Å². The van der Waals surface area contributed by atoms with E-state index in [4.69, 9.17) is 0 Å². The highest BCUT2D eigenvalue weighted by Gasteiger charge is 1.74. The summed E-state index contributed by atoms with van der Waals surface area (Å²) in [5.74, 6) is 0. The standard InChI is InChI=1S/C5H6S.C4H4S/c1-5-3-2-4-6-5;1-2-4-5-3-1/h2-4H,1H3;1-4H. The van der Waals surface area contributed by atoms with Crippen LogP contribution in [-0.4, -0.2) is 0 Å². The van der Waals surface area contributed by atoms with Crippen LogP contribution < -0.4 is 0 Å². The lowest BCUT2D eigenvalue weighted by atomic mass is 10.5. The van der Waals surface area contributed by atoms with E-state index in [0.717, 1.165) is 0 Å². The third-order valence-electron chi connectivity index (χ3n) is 1.09. The van der Waals surface area contributed by atoms with E-state index in [1.54, 1.807) is 22.7 Å². The second-order valence-electron chi connectivity index (χ2n) is 2.02. The van der Waals surface area contributed by atoms with Crippen LogP contribution in [-0.2, 0) is 0 Å². The van der Waals surface area contributed by atoms with E-state index in [0.29, 0.717) is 0 Å². The Labute approximate surface area is 75.1 Å². The molecule has 11 heavy (non-hydrogen) atoms. The fourth-order valence-electron chi connectivity index (χ4n) is 0.587. The summed E-state index contributed by atoms with van der Waals surface area (Å²) in [7, 11) is 0. The normalized spacial score (nSPS) is 8.45. The zero-order chi connectivity index (χ0) is 7.94. The molecule has 0 spiro atoms. The number of hydrogen-bond acceptors (Lipinski definition) is 2. The topological polar surface area (TPSA) is 0 Å². The molecule has 0 aliphatic carbocycles. The maximum atomic E-state index is 2.10. The summed E-state index contributed by atoms with van der Waals surface area (Å²) in [4.78, 5) is 1.38. The van der Waals surface area contributed by atoms with Crippen molar-refractivity contribution in [3.05, 3.63) is 45.3 Å². The summed E-state index contributed by atoms with van der Waals surface area (Å²) in [5.41, 5.74) is 0. The highest BCUT2D eigenvalue weighted by Crippen LogP contribution is 2.03. The molecule has 0 atom stereocenters. The summed E-state index contributed by atoms with van der Waals surface area (Å²) in [6, 6.07) is 8.19. The lowest BCUT2D eigenvalue weighted by Gasteiger charge is -1.65. The molecule has 0 amide bonds. The molecule has 0 nitrogen and oxygen atoms in total. The Balaban J connectivity index is 0.000000112. The summed E-state index contributed by atoms with van der Waals surface area (Å²) in [5, 5.41) is 6.16. The van der Waals surface area contributed by atoms with Crippen molar-refractivity contribution in [2.24, 2.45) is 0 Å². The molecule has 0 unspecified atom stereocenters. The van der Waals surface area contributed by atoms with Gasteiger partial charge in [0.2, 0.25) is 0 Å². The van der Waals surface area contributed by atoms with E-state index < -0.39 is 0 Å². The van der Waals surface area contributed by atoms with Crippen molar-refractivity contribution in [1.29, 1.82) is 0 Å². The van der Waals surface area contributed by atoms with Crippen molar-refractivity contribution < 1.29 is 0 Å². The van der Waals surface area contributed by atoms with Crippen LogP contribution in [0.5, 0.6) is 0 Å². The monoisotopic (exact) mass is 182 g/mol. The van der Waals surface area contributed by atoms with Crippen molar-refractivity contribution in [2.75, 3.05) is 0 Å². The molecule has 0 aliphatic heterocycles. The van der Waals surface area contributed by atoms with Crippen molar-refractivity contribution in [3.63, 3.8) is 0 Å². The molecule has 2 heteroatoms. The third-order valence-corrected chi connectivity index (χ3v) is 2.52. The largest absolute Gasteiger partial charge is 0.152 e. The first-order chi connectivity index (χ1) is 5.39. The summed E-state index contributed by atoms with van der Waals surface area (Å²) in [6.07, 6.45) is 0. The zero-order valence-corrected chi connectivity index (χ0v) is 7.99. The number of hydrogen-bond donors (Lipinski definition) is 0. The van der Waals surface area contributed by atoms with Crippen LogP contribution in [0.15, 0.2) is 40.4 Å². The predicted octanol–water partition coefficient (Wildman–Crippen LogP) is 3.80. The smallest absolute Gasteiger partial charge is 0.00141 e. The molecule has 2 heterocycles. The number of rotatable bonds is 0. The summed E-state index contributed by atoms with van der Waals surface area (Å²) >= 11 is 3.49. The molecule has 0 fully saturated rings. The molecule has 0 N–H and O–H groups in total. The molecular formula is C9H10S2. The quantitative estimate of drug-likeness (QED) is 0.581. The summed E-state index contributed by atoms with van der Waals surface area (Å²) < 4.78 is 0. The fraction of sp³-hybridized carbons (Fsp3) is 0.111. The van der Waals surface area contributed by atoms with E-state index in [-0.39, 0.29) is 0 Å². The predicted molar refractivity (Wildman–Crippen MR) is 53.4 cm³/mol. The SMILES string of the molecule is Cc1cccs1.c1ccsc1. The van der Waals surface area contributed by atoms with Gasteiger partial charge in [0.25, 0.3) is 0 Å². The van der Waals surface area contributed by atoms with Gasteiger partial charge in [-0.1, -0.05) is 18.2 Å². The Hall–Kier alpha value is -0.600. The van der Waals surface area contributed by atoms with Gasteiger partial charge >= 0.3 is 0 Å². The van der Waals surface area contributed by atoms with Gasteiger partial charge in [-0.25, -0.2) is 0 Å². The first-order valence-electron chi connectivity index (χ1n) is 3.37. The lowest BCUT2D eigenvalue weighted by molar-refractivity contribution is 1.64. The van der Waals surface area contributed by atoms with E-state index in [1.807, 2.05) is 22.9 Å². The minimum Gasteiger partial charge on any atom is -0.152 e. The van der Waals surface area contributed by atoms with Gasteiger partial charge in [-0.2, -0.15) is 11.3 Å². The average molecular weight is 182 g/mol. The van der Waals surface area contributed by atoms with Gasteiger partial charge in [0.15, 0.2) is 0 Å². The van der Waals surface area contributed by atoms with Gasteiger partial charge in [-0.05, 0) is 29.1 Å². The van der Waals surface area contributed by atoms with E-state index in [2.05, 4.69) is 24.4 Å². The van der Waals surface area contributed by atoms with Crippen LogP contribution in [0.4, 0.5) is 0 Å². The minimum atomic E-state index is 1.38. The van der Waals surface area contributed by atoms with Crippen LogP contribution in [0, 0.1) is 6.92 Å². The van der Waals surface area contributed by atoms with Crippen molar-refractivity contribution in [1.82, 2.24) is 0 Å². The maximum Gasteiger partial charge on any atom is 0.00141 e. The van der Waals surface area contributed by atoms with Crippen LogP contribution in [0.1, 0.15) is 4.88 Å². The van der Waals surface area contributed by atoms with Gasteiger partial charge in [0.05, 0.1) is 0 Å². The van der Waals surface area contributed by atoms with Crippen LogP contribution in [0.3, 0.4) is 0 Å². The maximum absolute atomic E-state index is 2.10. The Bertz CT molecular complexity index is 226. The van der Waals surface area contributed by atoms with Gasteiger partial charge < -0.3 is 0 Å². The third kappa shape index (κ3) is 3.96. The van der Waals surface area contributed by atoms with E-state index in [1.165, 1.54) is 4.88 Å². The highest BCUT2D eigenvalue weighted by atomic mass is 32.1. The lowest BCUT2D eigenvalue weighted by Crippen LogP contribution is -1.42. The average Bonchev–Trinajstić information content (AvgIpc) is 2.57. The van der Waals surface area contributed by atoms with Gasteiger partial charge in [0.1, 0.15) is 0 Å². The molecule has 2 aromatic rings. The zero-order valence-electron chi connectivity index (χ0n) is 6.36. The second-order valence-corrected chi connectivity index (χ2v) is 3.99. The molecule has 58 valence electrons. The molecule has 0 radical (unpaired) electrons. The van der Waals surface area contributed by atoms with Crippen molar-refractivity contribution in [2.45, 2.75) is 6.92 Å². The molecular weight excluding hydrogens is 172 g/mol. The van der Waals surface area contributed by atoms with Gasteiger partial charge in [-0.3, -0.25) is 0 Å². The molecule has 0 aromatic carbocycles. The molecule has 0 saturated carbocycles. The van der Waals surface area contributed by atoms with Crippen LogP contribution in [0.2, 0.25) is 0 Å².